The molecular formula is C6H6N2O2. The minimum atomic E-state index is -0.562. The molecule has 0 atom stereocenters. The third kappa shape index (κ3) is 0.935. The Morgan fingerprint density at radius 2 is 2.50 bits per heavy atom. The van der Waals surface area contributed by atoms with Gasteiger partial charge in [-0.3, -0.25) is 4.98 Å². The molecule has 0 aliphatic carbocycles. The van der Waals surface area contributed by atoms with Crippen LogP contribution < -0.4 is 5.76 Å². The number of nitriles is 1. The van der Waals surface area contributed by atoms with Gasteiger partial charge >= 0.3 is 5.76 Å². The molecule has 1 rings (SSSR count). The highest BCUT2D eigenvalue weighted by molar-refractivity contribution is 5.21. The van der Waals surface area contributed by atoms with Crippen molar-refractivity contribution < 1.29 is 4.42 Å². The minimum Gasteiger partial charge on any atom is -0.397 e. The maximum absolute atomic E-state index is 10.5. The first-order chi connectivity index (χ1) is 4.77. The highest BCUT2D eigenvalue weighted by Crippen LogP contribution is 2.00. The molecule has 1 aromatic rings. The quantitative estimate of drug-likeness (QED) is 0.610. The first-order valence-corrected chi connectivity index (χ1v) is 2.90. The van der Waals surface area contributed by atoms with Gasteiger partial charge in [-0.1, -0.05) is 6.92 Å². The third-order valence-electron chi connectivity index (χ3n) is 1.18. The first-order valence-electron chi connectivity index (χ1n) is 2.90. The molecule has 1 heterocycles. The van der Waals surface area contributed by atoms with E-state index >= 15 is 0 Å². The average molecular weight is 138 g/mol. The van der Waals surface area contributed by atoms with Crippen LogP contribution in [-0.2, 0) is 6.42 Å². The molecule has 10 heavy (non-hydrogen) atoms. The van der Waals surface area contributed by atoms with Crippen LogP contribution in [0.25, 0.3) is 0 Å². The molecule has 0 aliphatic heterocycles. The Hall–Kier alpha value is -1.50. The normalized spacial score (nSPS) is 9.20. The van der Waals surface area contributed by atoms with E-state index in [2.05, 4.69) is 9.40 Å². The van der Waals surface area contributed by atoms with Crippen molar-refractivity contribution in [3.05, 3.63) is 22.0 Å². The van der Waals surface area contributed by atoms with Crippen molar-refractivity contribution in [3.63, 3.8) is 0 Å². The average Bonchev–Trinajstić information content (AvgIpc) is 2.30. The lowest BCUT2D eigenvalue weighted by molar-refractivity contribution is 0.502. The van der Waals surface area contributed by atoms with E-state index in [1.165, 1.54) is 0 Å². The SMILES string of the molecule is CCc1[nH]c(=O)oc1C#N. The molecule has 0 unspecified atom stereocenters. The van der Waals surface area contributed by atoms with Gasteiger partial charge in [0.25, 0.3) is 0 Å². The molecule has 0 saturated heterocycles. The van der Waals surface area contributed by atoms with Gasteiger partial charge < -0.3 is 4.42 Å². The molecule has 1 N–H and O–H groups in total. The summed E-state index contributed by atoms with van der Waals surface area (Å²) in [4.78, 5) is 12.9. The second-order valence-corrected chi connectivity index (χ2v) is 1.79. The summed E-state index contributed by atoms with van der Waals surface area (Å²) in [7, 11) is 0. The summed E-state index contributed by atoms with van der Waals surface area (Å²) in [5.74, 6) is -0.471. The topological polar surface area (TPSA) is 69.8 Å². The number of aromatic amines is 1. The van der Waals surface area contributed by atoms with Gasteiger partial charge in [0.15, 0.2) is 0 Å². The predicted octanol–water partition coefficient (Wildman–Crippen LogP) is 0.402. The van der Waals surface area contributed by atoms with Gasteiger partial charge in [-0.2, -0.15) is 5.26 Å². The lowest BCUT2D eigenvalue weighted by atomic mass is 10.3. The fraction of sp³-hybridized carbons (Fsp3) is 0.333. The number of hydrogen-bond acceptors (Lipinski definition) is 3. The fourth-order valence-electron chi connectivity index (χ4n) is 0.699. The van der Waals surface area contributed by atoms with Crippen LogP contribution in [0.1, 0.15) is 18.4 Å². The lowest BCUT2D eigenvalue weighted by Crippen LogP contribution is -1.95. The van der Waals surface area contributed by atoms with Gasteiger partial charge in [-0.15, -0.1) is 0 Å². The van der Waals surface area contributed by atoms with E-state index < -0.39 is 5.76 Å². The highest BCUT2D eigenvalue weighted by atomic mass is 16.4. The van der Waals surface area contributed by atoms with E-state index in [1.54, 1.807) is 6.07 Å². The van der Waals surface area contributed by atoms with Gasteiger partial charge in [0, 0.05) is 0 Å². The molecule has 4 nitrogen and oxygen atoms in total. The van der Waals surface area contributed by atoms with Crippen LogP contribution in [-0.4, -0.2) is 4.98 Å². The van der Waals surface area contributed by atoms with Gasteiger partial charge in [-0.25, -0.2) is 4.79 Å². The molecule has 0 spiro atoms. The molecule has 0 amide bonds. The lowest BCUT2D eigenvalue weighted by Gasteiger charge is -1.82. The van der Waals surface area contributed by atoms with Crippen molar-refractivity contribution in [2.45, 2.75) is 13.3 Å². The molecule has 0 aliphatic rings. The van der Waals surface area contributed by atoms with Crippen molar-refractivity contribution in [2.75, 3.05) is 0 Å². The highest BCUT2D eigenvalue weighted by Gasteiger charge is 2.04. The van der Waals surface area contributed by atoms with E-state index in [-0.39, 0.29) is 5.76 Å². The van der Waals surface area contributed by atoms with Gasteiger partial charge in [-0.05, 0) is 6.42 Å². The number of rotatable bonds is 1. The Labute approximate surface area is 57.1 Å². The van der Waals surface area contributed by atoms with Gasteiger partial charge in [0.05, 0.1) is 5.69 Å². The van der Waals surface area contributed by atoms with Crippen molar-refractivity contribution >= 4 is 0 Å². The number of nitrogens with one attached hydrogen (secondary N) is 1. The first kappa shape index (κ1) is 6.62. The zero-order valence-electron chi connectivity index (χ0n) is 5.47. The summed E-state index contributed by atoms with van der Waals surface area (Å²) >= 11 is 0. The second-order valence-electron chi connectivity index (χ2n) is 1.79. The van der Waals surface area contributed by atoms with Crippen molar-refractivity contribution in [3.8, 4) is 6.07 Å². The van der Waals surface area contributed by atoms with Crippen molar-refractivity contribution in [1.82, 2.24) is 4.98 Å². The summed E-state index contributed by atoms with van der Waals surface area (Å²) in [6.07, 6.45) is 0.606. The molecule has 0 aromatic carbocycles. The summed E-state index contributed by atoms with van der Waals surface area (Å²) < 4.78 is 4.48. The van der Waals surface area contributed by atoms with Crippen molar-refractivity contribution in [1.29, 1.82) is 5.26 Å². The third-order valence-corrected chi connectivity index (χ3v) is 1.18. The number of H-pyrrole nitrogens is 1. The summed E-state index contributed by atoms with van der Waals surface area (Å²) in [5.41, 5.74) is 0.563. The predicted molar refractivity (Wildman–Crippen MR) is 33.4 cm³/mol. The van der Waals surface area contributed by atoms with Crippen LogP contribution in [0.3, 0.4) is 0 Å². The fourth-order valence-corrected chi connectivity index (χ4v) is 0.699. The Bertz CT molecular complexity index is 315. The van der Waals surface area contributed by atoms with Gasteiger partial charge in [0.2, 0.25) is 5.76 Å². The van der Waals surface area contributed by atoms with E-state index in [1.807, 2.05) is 6.92 Å². The Morgan fingerprint density at radius 1 is 1.80 bits per heavy atom. The molecule has 0 saturated carbocycles. The number of aryl methyl sites for hydroxylation is 1. The second kappa shape index (κ2) is 2.40. The summed E-state index contributed by atoms with van der Waals surface area (Å²) in [6.45, 7) is 1.83. The summed E-state index contributed by atoms with van der Waals surface area (Å²) in [5, 5.41) is 8.36. The van der Waals surface area contributed by atoms with Crippen LogP contribution >= 0.6 is 0 Å². The molecule has 52 valence electrons. The number of hydrogen-bond donors (Lipinski definition) is 1. The van der Waals surface area contributed by atoms with Gasteiger partial charge in [0.1, 0.15) is 6.07 Å². The Morgan fingerprint density at radius 3 is 2.90 bits per heavy atom. The molecule has 1 aromatic heterocycles. The standard InChI is InChI=1S/C6H6N2O2/c1-2-4-5(3-7)10-6(9)8-4/h2H2,1H3,(H,8,9). The van der Waals surface area contributed by atoms with Crippen molar-refractivity contribution in [2.24, 2.45) is 0 Å². The van der Waals surface area contributed by atoms with E-state index in [0.717, 1.165) is 0 Å². The van der Waals surface area contributed by atoms with E-state index in [4.69, 9.17) is 5.26 Å². The minimum absolute atomic E-state index is 0.0903. The zero-order chi connectivity index (χ0) is 7.56. The van der Waals surface area contributed by atoms with Crippen LogP contribution in [0.5, 0.6) is 0 Å². The summed E-state index contributed by atoms with van der Waals surface area (Å²) in [6, 6.07) is 1.77. The smallest absolute Gasteiger partial charge is 0.397 e. The molecular weight excluding hydrogens is 132 g/mol. The maximum atomic E-state index is 10.5. The largest absolute Gasteiger partial charge is 0.417 e. The monoisotopic (exact) mass is 138 g/mol. The van der Waals surface area contributed by atoms with E-state index in [9.17, 15) is 4.79 Å². The molecule has 4 heteroatoms. The molecule has 0 bridgehead atoms. The number of oxazole rings is 1. The van der Waals surface area contributed by atoms with Crippen LogP contribution in [0.15, 0.2) is 9.21 Å². The maximum Gasteiger partial charge on any atom is 0.417 e. The Kier molecular flexibility index (Phi) is 1.59. The number of nitrogens with zero attached hydrogens (tertiary/aromatic N) is 1. The van der Waals surface area contributed by atoms with E-state index in [0.29, 0.717) is 12.1 Å². The molecule has 0 fully saturated rings. The van der Waals surface area contributed by atoms with Crippen LogP contribution in [0.2, 0.25) is 0 Å². The van der Waals surface area contributed by atoms with Crippen LogP contribution in [0.4, 0.5) is 0 Å². The molecule has 0 radical (unpaired) electrons. The van der Waals surface area contributed by atoms with Crippen LogP contribution in [0, 0.1) is 11.3 Å². The Balaban J connectivity index is 3.25. The number of aromatic nitrogens is 1. The zero-order valence-corrected chi connectivity index (χ0v) is 5.47.